The number of nitrogens with zero attached hydrogens (tertiary/aromatic N) is 3. The van der Waals surface area contributed by atoms with Crippen LogP contribution in [0, 0.1) is 0 Å². The van der Waals surface area contributed by atoms with Crippen LogP contribution >= 0.6 is 0 Å². The van der Waals surface area contributed by atoms with E-state index in [-0.39, 0.29) is 0 Å². The third-order valence-corrected chi connectivity index (χ3v) is 4.51. The van der Waals surface area contributed by atoms with Crippen LogP contribution in [0.5, 0.6) is 0 Å². The number of aromatic nitrogens is 2. The summed E-state index contributed by atoms with van der Waals surface area (Å²) in [6.07, 6.45) is 9.47. The first-order valence-corrected chi connectivity index (χ1v) is 7.47. The summed E-state index contributed by atoms with van der Waals surface area (Å²) in [5.74, 6) is 1.53. The van der Waals surface area contributed by atoms with Crippen molar-refractivity contribution in [3.63, 3.8) is 0 Å². The minimum atomic E-state index is 0.460. The van der Waals surface area contributed by atoms with Gasteiger partial charge in [-0.1, -0.05) is 19.3 Å². The van der Waals surface area contributed by atoms with Gasteiger partial charge in [-0.15, -0.1) is 0 Å². The lowest BCUT2D eigenvalue weighted by Crippen LogP contribution is -2.34. The number of hydrogen-bond acceptors (Lipinski definition) is 4. The van der Waals surface area contributed by atoms with E-state index >= 15 is 0 Å². The van der Waals surface area contributed by atoms with Crippen LogP contribution in [0.3, 0.4) is 0 Å². The Bertz CT molecular complexity index is 412. The molecule has 1 aliphatic carbocycles. The van der Waals surface area contributed by atoms with E-state index in [4.69, 9.17) is 4.74 Å². The summed E-state index contributed by atoms with van der Waals surface area (Å²) in [5, 5.41) is 0. The van der Waals surface area contributed by atoms with Gasteiger partial charge in [0.25, 0.3) is 0 Å². The van der Waals surface area contributed by atoms with Gasteiger partial charge in [0.15, 0.2) is 0 Å². The van der Waals surface area contributed by atoms with Gasteiger partial charge >= 0.3 is 0 Å². The zero-order chi connectivity index (χ0) is 13.1. The molecule has 4 nitrogen and oxygen atoms in total. The molecule has 0 radical (unpaired) electrons. The van der Waals surface area contributed by atoms with Gasteiger partial charge in [-0.25, -0.2) is 9.97 Å². The van der Waals surface area contributed by atoms with Crippen molar-refractivity contribution in [3.8, 4) is 0 Å². The predicted octanol–water partition coefficient (Wildman–Crippen LogP) is 2.75. The van der Waals surface area contributed by atoms with Gasteiger partial charge in [0.2, 0.25) is 0 Å². The fourth-order valence-electron chi connectivity index (χ4n) is 3.20. The van der Waals surface area contributed by atoms with Crippen LogP contribution in [-0.4, -0.2) is 36.3 Å². The zero-order valence-electron chi connectivity index (χ0n) is 11.7. The molecule has 19 heavy (non-hydrogen) atoms. The molecule has 2 heterocycles. The first-order chi connectivity index (χ1) is 9.34. The van der Waals surface area contributed by atoms with Crippen molar-refractivity contribution in [1.82, 2.24) is 9.97 Å². The van der Waals surface area contributed by atoms with Crippen LogP contribution in [0.1, 0.15) is 50.1 Å². The Kier molecular flexibility index (Phi) is 3.97. The molecule has 2 fully saturated rings. The lowest BCUT2D eigenvalue weighted by molar-refractivity contribution is 0.193. The smallest absolute Gasteiger partial charge is 0.132 e. The van der Waals surface area contributed by atoms with Crippen molar-refractivity contribution < 1.29 is 4.74 Å². The highest BCUT2D eigenvalue weighted by molar-refractivity contribution is 5.40. The van der Waals surface area contributed by atoms with Crippen molar-refractivity contribution >= 4 is 5.82 Å². The molecule has 0 unspecified atom stereocenters. The minimum Gasteiger partial charge on any atom is -0.381 e. The van der Waals surface area contributed by atoms with E-state index in [2.05, 4.69) is 28.0 Å². The maximum Gasteiger partial charge on any atom is 0.132 e. The second kappa shape index (κ2) is 5.87. The molecular weight excluding hydrogens is 238 g/mol. The average molecular weight is 261 g/mol. The highest BCUT2D eigenvalue weighted by Gasteiger charge is 2.22. The topological polar surface area (TPSA) is 38.2 Å². The molecule has 0 aromatic carbocycles. The van der Waals surface area contributed by atoms with Gasteiger partial charge in [-0.2, -0.15) is 0 Å². The standard InChI is InChI=1S/C15H23N3O/c1-18(13-5-3-2-4-6-13)15-9-14(16-11-17-15)12-7-8-19-10-12/h9,11-13H,2-8,10H2,1H3/t12-/m1/s1. The maximum atomic E-state index is 5.45. The normalized spacial score (nSPS) is 24.6. The van der Waals surface area contributed by atoms with Gasteiger partial charge in [-0.05, 0) is 19.3 Å². The molecule has 0 amide bonds. The molecule has 1 aromatic heterocycles. The number of hydrogen-bond donors (Lipinski definition) is 0. The summed E-state index contributed by atoms with van der Waals surface area (Å²) in [6, 6.07) is 2.81. The monoisotopic (exact) mass is 261 g/mol. The first-order valence-electron chi connectivity index (χ1n) is 7.47. The maximum absolute atomic E-state index is 5.45. The summed E-state index contributed by atoms with van der Waals surface area (Å²) in [5.41, 5.74) is 1.14. The summed E-state index contributed by atoms with van der Waals surface area (Å²) >= 11 is 0. The Balaban J connectivity index is 1.74. The molecule has 2 aliphatic rings. The highest BCUT2D eigenvalue weighted by Crippen LogP contribution is 2.28. The predicted molar refractivity (Wildman–Crippen MR) is 75.5 cm³/mol. The van der Waals surface area contributed by atoms with Crippen molar-refractivity contribution in [2.24, 2.45) is 0 Å². The molecule has 104 valence electrons. The van der Waals surface area contributed by atoms with Crippen LogP contribution in [0.25, 0.3) is 0 Å². The molecule has 0 N–H and O–H groups in total. The molecular formula is C15H23N3O. The Morgan fingerprint density at radius 1 is 1.16 bits per heavy atom. The molecule has 4 heteroatoms. The largest absolute Gasteiger partial charge is 0.381 e. The Hall–Kier alpha value is -1.16. The van der Waals surface area contributed by atoms with Crippen LogP contribution < -0.4 is 4.90 Å². The minimum absolute atomic E-state index is 0.460. The van der Waals surface area contributed by atoms with E-state index in [1.54, 1.807) is 6.33 Å². The molecule has 0 bridgehead atoms. The molecule has 1 aromatic rings. The third kappa shape index (κ3) is 2.89. The molecule has 1 saturated heterocycles. The third-order valence-electron chi connectivity index (χ3n) is 4.51. The van der Waals surface area contributed by atoms with E-state index in [1.807, 2.05) is 0 Å². The number of ether oxygens (including phenoxy) is 1. The molecule has 1 aliphatic heterocycles. The lowest BCUT2D eigenvalue weighted by atomic mass is 9.94. The lowest BCUT2D eigenvalue weighted by Gasteiger charge is -2.32. The van der Waals surface area contributed by atoms with E-state index in [9.17, 15) is 0 Å². The van der Waals surface area contributed by atoms with Crippen molar-refractivity contribution in [2.75, 3.05) is 25.2 Å². The van der Waals surface area contributed by atoms with Gasteiger partial charge < -0.3 is 9.64 Å². The van der Waals surface area contributed by atoms with E-state index in [1.165, 1.54) is 32.1 Å². The van der Waals surface area contributed by atoms with Crippen molar-refractivity contribution in [2.45, 2.75) is 50.5 Å². The first kappa shape index (κ1) is 12.9. The zero-order valence-corrected chi connectivity index (χ0v) is 11.7. The molecule has 0 spiro atoms. The SMILES string of the molecule is CN(c1cc([C@@H]2CCOC2)ncn1)C1CCCCC1. The van der Waals surface area contributed by atoms with Crippen LogP contribution in [0.4, 0.5) is 5.82 Å². The fourth-order valence-corrected chi connectivity index (χ4v) is 3.20. The molecule has 1 saturated carbocycles. The molecule has 1 atom stereocenters. The second-order valence-electron chi connectivity index (χ2n) is 5.76. The van der Waals surface area contributed by atoms with Crippen molar-refractivity contribution in [3.05, 3.63) is 18.1 Å². The van der Waals surface area contributed by atoms with Crippen molar-refractivity contribution in [1.29, 1.82) is 0 Å². The van der Waals surface area contributed by atoms with E-state index in [0.717, 1.165) is 31.1 Å². The summed E-state index contributed by atoms with van der Waals surface area (Å²) in [6.45, 7) is 1.67. The fraction of sp³-hybridized carbons (Fsp3) is 0.733. The van der Waals surface area contributed by atoms with E-state index < -0.39 is 0 Å². The molecule has 3 rings (SSSR count). The highest BCUT2D eigenvalue weighted by atomic mass is 16.5. The Morgan fingerprint density at radius 3 is 2.74 bits per heavy atom. The Labute approximate surface area is 115 Å². The quantitative estimate of drug-likeness (QED) is 0.838. The summed E-state index contributed by atoms with van der Waals surface area (Å²) < 4.78 is 5.45. The summed E-state index contributed by atoms with van der Waals surface area (Å²) in [4.78, 5) is 11.2. The number of rotatable bonds is 3. The average Bonchev–Trinajstić information content (AvgIpc) is 3.02. The van der Waals surface area contributed by atoms with Crippen LogP contribution in [0.2, 0.25) is 0 Å². The van der Waals surface area contributed by atoms with Gasteiger partial charge in [-0.3, -0.25) is 0 Å². The summed E-state index contributed by atoms with van der Waals surface area (Å²) in [7, 11) is 2.17. The van der Waals surface area contributed by atoms with Gasteiger partial charge in [0, 0.05) is 31.7 Å². The van der Waals surface area contributed by atoms with Crippen LogP contribution in [0.15, 0.2) is 12.4 Å². The van der Waals surface area contributed by atoms with E-state index in [0.29, 0.717) is 12.0 Å². The van der Waals surface area contributed by atoms with Crippen LogP contribution in [-0.2, 0) is 4.74 Å². The second-order valence-corrected chi connectivity index (χ2v) is 5.76. The number of anilines is 1. The Morgan fingerprint density at radius 2 is 2.00 bits per heavy atom. The van der Waals surface area contributed by atoms with Gasteiger partial charge in [0.05, 0.1) is 12.3 Å². The van der Waals surface area contributed by atoms with Gasteiger partial charge in [0.1, 0.15) is 12.1 Å².